The normalized spacial score (nSPS) is 17.2. The van der Waals surface area contributed by atoms with E-state index in [2.05, 4.69) is 60.2 Å². The van der Waals surface area contributed by atoms with Gasteiger partial charge in [0.2, 0.25) is 0 Å². The summed E-state index contributed by atoms with van der Waals surface area (Å²) in [4.78, 5) is 7.71. The number of benzene rings is 2. The van der Waals surface area contributed by atoms with Crippen molar-refractivity contribution in [3.05, 3.63) is 42.0 Å². The first-order valence-corrected chi connectivity index (χ1v) is 8.96. The van der Waals surface area contributed by atoms with E-state index in [9.17, 15) is 0 Å². The Bertz CT molecular complexity index is 705. The van der Waals surface area contributed by atoms with Crippen LogP contribution in [0.25, 0.3) is 0 Å². The largest absolute Gasteiger partial charge is 0.370 e. The molecule has 0 radical (unpaired) electrons. The zero-order valence-electron chi connectivity index (χ0n) is 13.3. The van der Waals surface area contributed by atoms with Gasteiger partial charge >= 0.3 is 0 Å². The van der Waals surface area contributed by atoms with Crippen molar-refractivity contribution >= 4 is 28.8 Å². The van der Waals surface area contributed by atoms with Crippen LogP contribution in [0, 0.1) is 6.92 Å². The summed E-state index contributed by atoms with van der Waals surface area (Å²) in [5.41, 5.74) is 5.48. The summed E-state index contributed by atoms with van der Waals surface area (Å²) >= 11 is 1.91. The summed E-state index contributed by atoms with van der Waals surface area (Å²) in [6, 6.07) is 13.4. The van der Waals surface area contributed by atoms with Gasteiger partial charge in [-0.1, -0.05) is 23.9 Å². The van der Waals surface area contributed by atoms with E-state index in [0.717, 1.165) is 0 Å². The lowest BCUT2D eigenvalue weighted by atomic mass is 10.1. The minimum Gasteiger partial charge on any atom is -0.370 e. The van der Waals surface area contributed by atoms with Crippen molar-refractivity contribution in [1.82, 2.24) is 0 Å². The number of fused-ring (bicyclic) bond motifs is 2. The van der Waals surface area contributed by atoms with Crippen molar-refractivity contribution in [1.29, 1.82) is 0 Å². The van der Waals surface area contributed by atoms with E-state index in [0.29, 0.717) is 0 Å². The van der Waals surface area contributed by atoms with Crippen LogP contribution >= 0.6 is 11.8 Å². The summed E-state index contributed by atoms with van der Waals surface area (Å²) in [5.74, 6) is 0. The highest BCUT2D eigenvalue weighted by Crippen LogP contribution is 2.51. The Morgan fingerprint density at radius 2 is 1.68 bits per heavy atom. The highest BCUT2D eigenvalue weighted by molar-refractivity contribution is 7.99. The molecule has 2 aliphatic heterocycles. The Labute approximate surface area is 137 Å². The van der Waals surface area contributed by atoms with Gasteiger partial charge in [0, 0.05) is 29.9 Å². The van der Waals surface area contributed by atoms with Gasteiger partial charge in [-0.25, -0.2) is 0 Å². The molecule has 0 aromatic heterocycles. The smallest absolute Gasteiger partial charge is 0.0788 e. The number of nitrogens with zero attached hydrogens (tertiary/aromatic N) is 2. The van der Waals surface area contributed by atoms with Gasteiger partial charge in [-0.3, -0.25) is 0 Å². The van der Waals surface area contributed by atoms with E-state index in [4.69, 9.17) is 0 Å². The molecule has 0 atom stereocenters. The quantitative estimate of drug-likeness (QED) is 0.713. The van der Waals surface area contributed by atoms with Gasteiger partial charge in [0.25, 0.3) is 0 Å². The van der Waals surface area contributed by atoms with Crippen molar-refractivity contribution in [3.63, 3.8) is 0 Å². The molecule has 0 saturated carbocycles. The van der Waals surface area contributed by atoms with Crippen LogP contribution in [0.3, 0.4) is 0 Å². The molecule has 2 aliphatic rings. The molecule has 2 aromatic carbocycles. The fourth-order valence-electron chi connectivity index (χ4n) is 3.58. The maximum absolute atomic E-state index is 2.58. The molecule has 2 aromatic rings. The number of rotatable bonds is 1. The molecule has 0 amide bonds. The highest BCUT2D eigenvalue weighted by atomic mass is 32.2. The fraction of sp³-hybridized carbons (Fsp3) is 0.368. The molecular weight excluding hydrogens is 288 g/mol. The lowest BCUT2D eigenvalue weighted by Crippen LogP contribution is -2.31. The number of piperidine rings is 1. The Morgan fingerprint density at radius 1 is 0.909 bits per heavy atom. The minimum absolute atomic E-state index is 1.19. The molecule has 3 heteroatoms. The second-order valence-corrected chi connectivity index (χ2v) is 7.39. The predicted molar refractivity (Wildman–Crippen MR) is 95.9 cm³/mol. The maximum atomic E-state index is 2.58. The van der Waals surface area contributed by atoms with Crippen LogP contribution in [0.5, 0.6) is 0 Å². The molecular formula is C19H22N2S. The second-order valence-electron chi connectivity index (χ2n) is 6.31. The predicted octanol–water partition coefficient (Wildman–Crippen LogP) is 5.22. The van der Waals surface area contributed by atoms with E-state index < -0.39 is 0 Å². The summed E-state index contributed by atoms with van der Waals surface area (Å²) in [6.45, 7) is 4.60. The van der Waals surface area contributed by atoms with E-state index in [1.165, 1.54) is 64.8 Å². The molecule has 0 N–H and O–H groups in total. The lowest BCUT2D eigenvalue weighted by Gasteiger charge is -2.37. The molecule has 0 bridgehead atoms. The fourth-order valence-corrected chi connectivity index (χ4v) is 4.85. The number of para-hydroxylation sites is 1. The van der Waals surface area contributed by atoms with Crippen molar-refractivity contribution < 1.29 is 0 Å². The Morgan fingerprint density at radius 3 is 2.50 bits per heavy atom. The number of aryl methyl sites for hydroxylation is 1. The first kappa shape index (κ1) is 14.0. The molecule has 0 aliphatic carbocycles. The molecule has 1 fully saturated rings. The number of anilines is 3. The molecule has 2 heterocycles. The Balaban J connectivity index is 1.84. The number of hydrogen-bond acceptors (Lipinski definition) is 3. The van der Waals surface area contributed by atoms with Crippen LogP contribution < -0.4 is 9.80 Å². The second kappa shape index (κ2) is 5.54. The highest BCUT2D eigenvalue weighted by Gasteiger charge is 2.26. The van der Waals surface area contributed by atoms with Crippen LogP contribution in [0.4, 0.5) is 17.1 Å². The summed E-state index contributed by atoms with van der Waals surface area (Å²) in [7, 11) is 2.21. The van der Waals surface area contributed by atoms with Crippen molar-refractivity contribution in [2.24, 2.45) is 0 Å². The Hall–Kier alpha value is -1.61. The molecule has 0 spiro atoms. The lowest BCUT2D eigenvalue weighted by molar-refractivity contribution is 0.577. The standard InChI is InChI=1S/C19H22N2S/c1-14-12-16(21-10-6-3-7-11-21)19-18(13-14)22-17-9-5-4-8-15(17)20(19)2/h4-5,8-9,12-13H,3,6-7,10-11H2,1-2H3. The zero-order valence-corrected chi connectivity index (χ0v) is 14.1. The van der Waals surface area contributed by atoms with Crippen LogP contribution in [0.1, 0.15) is 24.8 Å². The molecule has 22 heavy (non-hydrogen) atoms. The van der Waals surface area contributed by atoms with E-state index in [1.807, 2.05) is 11.8 Å². The van der Waals surface area contributed by atoms with E-state index >= 15 is 0 Å². The average Bonchev–Trinajstić information content (AvgIpc) is 2.55. The third-order valence-electron chi connectivity index (χ3n) is 4.68. The summed E-state index contributed by atoms with van der Waals surface area (Å²) in [5, 5.41) is 0. The summed E-state index contributed by atoms with van der Waals surface area (Å²) in [6.07, 6.45) is 4.00. The third-order valence-corrected chi connectivity index (χ3v) is 5.77. The third kappa shape index (κ3) is 2.28. The van der Waals surface area contributed by atoms with Crippen molar-refractivity contribution in [2.45, 2.75) is 36.0 Å². The van der Waals surface area contributed by atoms with Crippen LogP contribution in [0.2, 0.25) is 0 Å². The Kier molecular flexibility index (Phi) is 3.53. The average molecular weight is 310 g/mol. The van der Waals surface area contributed by atoms with Gasteiger partial charge < -0.3 is 9.80 Å². The van der Waals surface area contributed by atoms with Crippen LogP contribution in [-0.4, -0.2) is 20.1 Å². The molecule has 0 unspecified atom stereocenters. The molecule has 1 saturated heterocycles. The van der Waals surface area contributed by atoms with Gasteiger partial charge in [-0.15, -0.1) is 0 Å². The van der Waals surface area contributed by atoms with Gasteiger partial charge in [0.05, 0.1) is 17.1 Å². The monoisotopic (exact) mass is 310 g/mol. The van der Waals surface area contributed by atoms with Crippen LogP contribution in [0.15, 0.2) is 46.2 Å². The molecule has 114 valence electrons. The SMILES string of the molecule is Cc1cc2c(c(N3CCCCC3)c1)N(C)c1ccccc1S2. The maximum Gasteiger partial charge on any atom is 0.0788 e. The molecule has 4 rings (SSSR count). The van der Waals surface area contributed by atoms with Crippen molar-refractivity contribution in [2.75, 3.05) is 29.9 Å². The van der Waals surface area contributed by atoms with Gasteiger partial charge in [-0.2, -0.15) is 0 Å². The van der Waals surface area contributed by atoms with Gasteiger partial charge in [-0.05, 0) is 56.0 Å². The zero-order chi connectivity index (χ0) is 15.1. The minimum atomic E-state index is 1.19. The van der Waals surface area contributed by atoms with E-state index in [-0.39, 0.29) is 0 Å². The van der Waals surface area contributed by atoms with Crippen molar-refractivity contribution in [3.8, 4) is 0 Å². The topological polar surface area (TPSA) is 6.48 Å². The van der Waals surface area contributed by atoms with Crippen LogP contribution in [-0.2, 0) is 0 Å². The first-order valence-electron chi connectivity index (χ1n) is 8.14. The van der Waals surface area contributed by atoms with Gasteiger partial charge in [0.1, 0.15) is 0 Å². The van der Waals surface area contributed by atoms with Gasteiger partial charge in [0.15, 0.2) is 0 Å². The van der Waals surface area contributed by atoms with E-state index in [1.54, 1.807) is 0 Å². The summed E-state index contributed by atoms with van der Waals surface area (Å²) < 4.78 is 0. The number of hydrogen-bond donors (Lipinski definition) is 0. The first-order chi connectivity index (χ1) is 10.7. The molecule has 2 nitrogen and oxygen atoms in total.